The summed E-state index contributed by atoms with van der Waals surface area (Å²) in [6.45, 7) is 11.3. The predicted octanol–water partition coefficient (Wildman–Crippen LogP) is 5.56. The maximum atomic E-state index is 13.9. The van der Waals surface area contributed by atoms with E-state index in [0.717, 1.165) is 53.4 Å². The van der Waals surface area contributed by atoms with Crippen LogP contribution in [0.15, 0.2) is 0 Å². The smallest absolute Gasteiger partial charge is 0.409 e. The molecule has 50 heavy (non-hydrogen) atoms. The van der Waals surface area contributed by atoms with Gasteiger partial charge in [0, 0.05) is 27.7 Å². The Morgan fingerprint density at radius 3 is 1.54 bits per heavy atom. The molecule has 1 heterocycles. The highest BCUT2D eigenvalue weighted by Crippen LogP contribution is 2.30. The molecule has 1 aliphatic heterocycles. The summed E-state index contributed by atoms with van der Waals surface area (Å²) in [4.78, 5) is 74.6. The van der Waals surface area contributed by atoms with E-state index in [9.17, 15) is 28.8 Å². The summed E-state index contributed by atoms with van der Waals surface area (Å²) < 4.78 is 32.7. The zero-order valence-corrected chi connectivity index (χ0v) is 31.5. The highest BCUT2D eigenvalue weighted by Gasteiger charge is 2.54. The molecule has 0 bridgehead atoms. The number of carbonyl (C=O) groups excluding carboxylic acids is 6. The Morgan fingerprint density at radius 1 is 0.620 bits per heavy atom. The van der Waals surface area contributed by atoms with E-state index in [-0.39, 0.29) is 0 Å². The minimum atomic E-state index is -1.62. The number of hydrogen-bond donors (Lipinski definition) is 2. The fourth-order valence-corrected chi connectivity index (χ4v) is 5.69. The van der Waals surface area contributed by atoms with E-state index in [1.165, 1.54) is 51.4 Å². The SMILES string of the molecule is CCCCCCCCCCCCCCC[C@@H](NC(=O)OC(C)(C)C)NC(=O)[C@H]1O[C@H](COC(C)=O)[C@H](OC(C)=O)[C@H](OC(C)=O)[C@H]1OC(C)=O. The molecule has 1 saturated heterocycles. The second-order valence-corrected chi connectivity index (χ2v) is 13.9. The molecule has 0 saturated carbocycles. The number of esters is 4. The van der Waals surface area contributed by atoms with Crippen molar-refractivity contribution in [1.29, 1.82) is 0 Å². The maximum absolute atomic E-state index is 13.9. The molecule has 0 spiro atoms. The van der Waals surface area contributed by atoms with Gasteiger partial charge >= 0.3 is 30.0 Å². The van der Waals surface area contributed by atoms with Crippen LogP contribution in [0.25, 0.3) is 0 Å². The summed E-state index contributed by atoms with van der Waals surface area (Å²) in [5, 5.41) is 5.43. The first-order valence-corrected chi connectivity index (χ1v) is 18.1. The Kier molecular flexibility index (Phi) is 21.3. The van der Waals surface area contributed by atoms with Crippen molar-refractivity contribution in [2.75, 3.05) is 6.61 Å². The summed E-state index contributed by atoms with van der Waals surface area (Å²) in [7, 11) is 0. The lowest BCUT2D eigenvalue weighted by atomic mass is 9.93. The number of unbranched alkanes of at least 4 members (excludes halogenated alkanes) is 12. The molecule has 288 valence electrons. The van der Waals surface area contributed by atoms with Gasteiger partial charge in [-0.25, -0.2) is 4.79 Å². The number of alkyl carbamates (subject to hydrolysis) is 1. The first kappa shape index (κ1) is 44.6. The highest BCUT2D eigenvalue weighted by molar-refractivity contribution is 5.83. The van der Waals surface area contributed by atoms with Crippen molar-refractivity contribution in [1.82, 2.24) is 10.6 Å². The average Bonchev–Trinajstić information content (AvgIpc) is 2.98. The third-order valence-electron chi connectivity index (χ3n) is 7.85. The molecule has 1 rings (SSSR count). The first-order chi connectivity index (χ1) is 23.5. The predicted molar refractivity (Wildman–Crippen MR) is 184 cm³/mol. The largest absolute Gasteiger partial charge is 0.463 e. The highest BCUT2D eigenvalue weighted by atomic mass is 16.7. The van der Waals surface area contributed by atoms with E-state index >= 15 is 0 Å². The van der Waals surface area contributed by atoms with Crippen molar-refractivity contribution >= 4 is 35.9 Å². The molecule has 1 aliphatic rings. The lowest BCUT2D eigenvalue weighted by molar-refractivity contribution is -0.249. The van der Waals surface area contributed by atoms with Gasteiger partial charge in [0.15, 0.2) is 24.4 Å². The Balaban J connectivity index is 3.05. The van der Waals surface area contributed by atoms with Gasteiger partial charge in [-0.2, -0.15) is 0 Å². The normalized spacial score (nSPS) is 20.9. The van der Waals surface area contributed by atoms with E-state index < -0.39 is 84.8 Å². The van der Waals surface area contributed by atoms with Crippen LogP contribution in [-0.2, 0) is 52.4 Å². The lowest BCUT2D eigenvalue weighted by Gasteiger charge is -2.44. The molecule has 6 atom stereocenters. The van der Waals surface area contributed by atoms with Crippen LogP contribution in [0, 0.1) is 0 Å². The van der Waals surface area contributed by atoms with Crippen LogP contribution in [-0.4, -0.2) is 84.8 Å². The van der Waals surface area contributed by atoms with Crippen LogP contribution >= 0.6 is 0 Å². The van der Waals surface area contributed by atoms with Gasteiger partial charge in [0.2, 0.25) is 0 Å². The van der Waals surface area contributed by atoms with Gasteiger partial charge in [0.25, 0.3) is 5.91 Å². The van der Waals surface area contributed by atoms with Crippen molar-refractivity contribution in [2.24, 2.45) is 0 Å². The Bertz CT molecular complexity index is 1080. The Morgan fingerprint density at radius 2 is 1.08 bits per heavy atom. The molecule has 14 nitrogen and oxygen atoms in total. The topological polar surface area (TPSA) is 182 Å². The molecule has 0 aromatic carbocycles. The summed E-state index contributed by atoms with van der Waals surface area (Å²) in [6, 6.07) is 0. The van der Waals surface area contributed by atoms with E-state index in [1.807, 2.05) is 0 Å². The fraction of sp³-hybridized carbons (Fsp3) is 0.833. The molecular weight excluding hydrogens is 652 g/mol. The number of nitrogens with one attached hydrogen (secondary N) is 2. The van der Waals surface area contributed by atoms with Crippen molar-refractivity contribution < 1.29 is 57.2 Å². The second kappa shape index (κ2) is 23.9. The standard InChI is InChI=1S/C36H62N2O12/c1-9-10-11-12-13-14-15-16-17-18-19-20-21-22-29(38-35(44)50-36(6,7)8)37-34(43)33-32(48-27(5)42)31(47-26(4)41)30(46-25(3)40)28(49-33)23-45-24(2)39/h28-33H,9-23H2,1-8H3,(H,37,43)(H,38,44)/t28-,29-,30+,31+,32-,33+/m1/s1. The third-order valence-corrected chi connectivity index (χ3v) is 7.85. The van der Waals surface area contributed by atoms with Crippen LogP contribution in [0.5, 0.6) is 0 Å². The van der Waals surface area contributed by atoms with Crippen molar-refractivity contribution in [3.63, 3.8) is 0 Å². The van der Waals surface area contributed by atoms with Gasteiger partial charge in [-0.05, 0) is 33.6 Å². The zero-order chi connectivity index (χ0) is 37.7. The van der Waals surface area contributed by atoms with Crippen LogP contribution in [0.3, 0.4) is 0 Å². The molecule has 2 N–H and O–H groups in total. The van der Waals surface area contributed by atoms with Crippen molar-refractivity contribution in [3.8, 4) is 0 Å². The van der Waals surface area contributed by atoms with Gasteiger partial charge in [-0.3, -0.25) is 24.0 Å². The molecule has 0 aromatic heterocycles. The average molecular weight is 715 g/mol. The van der Waals surface area contributed by atoms with Crippen LogP contribution in [0.2, 0.25) is 0 Å². The lowest BCUT2D eigenvalue weighted by Crippen LogP contribution is -2.66. The van der Waals surface area contributed by atoms with Crippen LogP contribution in [0.4, 0.5) is 4.79 Å². The van der Waals surface area contributed by atoms with Gasteiger partial charge in [0.1, 0.15) is 24.5 Å². The summed E-state index contributed by atoms with van der Waals surface area (Å²) in [6.07, 6.45) is 6.40. The second-order valence-electron chi connectivity index (χ2n) is 13.9. The van der Waals surface area contributed by atoms with E-state index in [4.69, 9.17) is 28.4 Å². The van der Waals surface area contributed by atoms with Crippen LogP contribution in [0.1, 0.15) is 145 Å². The molecule has 0 aromatic rings. The molecule has 1 fully saturated rings. The monoisotopic (exact) mass is 714 g/mol. The first-order valence-electron chi connectivity index (χ1n) is 18.1. The molecule has 0 aliphatic carbocycles. The van der Waals surface area contributed by atoms with Crippen molar-refractivity contribution in [3.05, 3.63) is 0 Å². The van der Waals surface area contributed by atoms with Crippen molar-refractivity contribution in [2.45, 2.75) is 188 Å². The quantitative estimate of drug-likeness (QED) is 0.0618. The maximum Gasteiger partial charge on any atom is 0.409 e. The van der Waals surface area contributed by atoms with Gasteiger partial charge in [-0.1, -0.05) is 84.0 Å². The zero-order valence-electron chi connectivity index (χ0n) is 31.5. The van der Waals surface area contributed by atoms with Gasteiger partial charge < -0.3 is 39.1 Å². The summed E-state index contributed by atoms with van der Waals surface area (Å²) in [5.41, 5.74) is -0.798. The van der Waals surface area contributed by atoms with E-state index in [0.29, 0.717) is 12.8 Å². The van der Waals surface area contributed by atoms with Gasteiger partial charge in [0.05, 0.1) is 0 Å². The molecule has 2 amide bonds. The van der Waals surface area contributed by atoms with E-state index in [1.54, 1.807) is 20.8 Å². The minimum absolute atomic E-state index is 0.355. The number of hydrogen-bond acceptors (Lipinski definition) is 12. The van der Waals surface area contributed by atoms with E-state index in [2.05, 4.69) is 17.6 Å². The summed E-state index contributed by atoms with van der Waals surface area (Å²) in [5.74, 6) is -3.93. The summed E-state index contributed by atoms with van der Waals surface area (Å²) >= 11 is 0. The minimum Gasteiger partial charge on any atom is -0.463 e. The number of rotatable bonds is 22. The molecule has 0 radical (unpaired) electrons. The molecule has 14 heteroatoms. The number of amides is 2. The Labute approximate surface area is 297 Å². The molecule has 0 unspecified atom stereocenters. The number of ether oxygens (including phenoxy) is 6. The third kappa shape index (κ3) is 19.7. The Hall–Kier alpha value is -3.42. The van der Waals surface area contributed by atoms with Gasteiger partial charge in [-0.15, -0.1) is 0 Å². The molecular formula is C36H62N2O12. The fourth-order valence-electron chi connectivity index (χ4n) is 5.69. The van der Waals surface area contributed by atoms with Crippen LogP contribution < -0.4 is 10.6 Å². The number of carbonyl (C=O) groups is 6.